The molecule has 0 saturated heterocycles. The van der Waals surface area contributed by atoms with Crippen LogP contribution in [0.15, 0.2) is 0 Å². The molecular formula is C10H15N3O3. The summed E-state index contributed by atoms with van der Waals surface area (Å²) in [5.74, 6) is 0. The van der Waals surface area contributed by atoms with E-state index in [2.05, 4.69) is 5.10 Å². The molecule has 88 valence electrons. The Balaban J connectivity index is 2.42. The van der Waals surface area contributed by atoms with Gasteiger partial charge in [0.15, 0.2) is 0 Å². The number of aliphatic hydroxyl groups is 1. The first-order valence-corrected chi connectivity index (χ1v) is 5.40. The Kier molecular flexibility index (Phi) is 2.67. The average molecular weight is 225 g/mol. The lowest BCUT2D eigenvalue weighted by atomic mass is 10.2. The molecule has 1 heterocycles. The molecule has 0 aromatic carbocycles. The molecular weight excluding hydrogens is 210 g/mol. The number of aromatic nitrogens is 2. The SMILES string of the molecule is Cc1nn([C@@H]2CCC[C@H]2O)c(C)c1[N+](=O)[O-]. The van der Waals surface area contributed by atoms with Gasteiger partial charge >= 0.3 is 5.69 Å². The van der Waals surface area contributed by atoms with Crippen molar-refractivity contribution in [2.24, 2.45) is 0 Å². The van der Waals surface area contributed by atoms with Crippen molar-refractivity contribution in [3.8, 4) is 0 Å². The zero-order valence-corrected chi connectivity index (χ0v) is 9.38. The number of rotatable bonds is 2. The fourth-order valence-corrected chi connectivity index (χ4v) is 2.45. The highest BCUT2D eigenvalue weighted by Gasteiger charge is 2.32. The first-order chi connectivity index (χ1) is 7.52. The van der Waals surface area contributed by atoms with Crippen molar-refractivity contribution in [1.29, 1.82) is 0 Å². The Morgan fingerprint density at radius 3 is 2.62 bits per heavy atom. The number of nitro groups is 1. The molecule has 0 bridgehead atoms. The number of aliphatic hydroxyl groups excluding tert-OH is 1. The van der Waals surface area contributed by atoms with Crippen LogP contribution in [0.25, 0.3) is 0 Å². The molecule has 1 aliphatic rings. The molecule has 2 atom stereocenters. The lowest BCUT2D eigenvalue weighted by molar-refractivity contribution is -0.386. The van der Waals surface area contributed by atoms with Crippen LogP contribution in [-0.2, 0) is 0 Å². The van der Waals surface area contributed by atoms with E-state index in [-0.39, 0.29) is 11.7 Å². The van der Waals surface area contributed by atoms with Crippen LogP contribution < -0.4 is 0 Å². The van der Waals surface area contributed by atoms with Gasteiger partial charge in [-0.1, -0.05) is 0 Å². The van der Waals surface area contributed by atoms with Crippen molar-refractivity contribution >= 4 is 5.69 Å². The summed E-state index contributed by atoms with van der Waals surface area (Å²) >= 11 is 0. The van der Waals surface area contributed by atoms with Gasteiger partial charge < -0.3 is 5.11 Å². The third-order valence-electron chi connectivity index (χ3n) is 3.23. The average Bonchev–Trinajstić information content (AvgIpc) is 2.70. The molecule has 1 aromatic rings. The molecule has 1 aliphatic carbocycles. The van der Waals surface area contributed by atoms with E-state index in [0.29, 0.717) is 11.4 Å². The van der Waals surface area contributed by atoms with Crippen LogP contribution in [0.1, 0.15) is 36.7 Å². The minimum Gasteiger partial charge on any atom is -0.391 e. The molecule has 6 heteroatoms. The Morgan fingerprint density at radius 1 is 1.50 bits per heavy atom. The Labute approximate surface area is 93.0 Å². The van der Waals surface area contributed by atoms with Crippen LogP contribution in [0.5, 0.6) is 0 Å². The third kappa shape index (κ3) is 1.59. The summed E-state index contributed by atoms with van der Waals surface area (Å²) in [6, 6.07) is -0.104. The van der Waals surface area contributed by atoms with Crippen LogP contribution >= 0.6 is 0 Å². The first-order valence-electron chi connectivity index (χ1n) is 5.40. The second-order valence-electron chi connectivity index (χ2n) is 4.29. The van der Waals surface area contributed by atoms with E-state index in [4.69, 9.17) is 0 Å². The molecule has 0 spiro atoms. The molecule has 16 heavy (non-hydrogen) atoms. The maximum absolute atomic E-state index is 10.8. The second-order valence-corrected chi connectivity index (χ2v) is 4.29. The summed E-state index contributed by atoms with van der Waals surface area (Å²) in [5.41, 5.74) is 1.02. The molecule has 1 fully saturated rings. The molecule has 2 rings (SSSR count). The van der Waals surface area contributed by atoms with Crippen LogP contribution in [0, 0.1) is 24.0 Å². The van der Waals surface area contributed by atoms with Gasteiger partial charge in [0, 0.05) is 0 Å². The number of hydrogen-bond donors (Lipinski definition) is 1. The minimum atomic E-state index is -0.433. The maximum Gasteiger partial charge on any atom is 0.312 e. The normalized spacial score (nSPS) is 24.9. The largest absolute Gasteiger partial charge is 0.391 e. The fourth-order valence-electron chi connectivity index (χ4n) is 2.45. The smallest absolute Gasteiger partial charge is 0.312 e. The van der Waals surface area contributed by atoms with Gasteiger partial charge in [0.1, 0.15) is 11.4 Å². The number of aryl methyl sites for hydroxylation is 1. The van der Waals surface area contributed by atoms with Gasteiger partial charge in [-0.25, -0.2) is 0 Å². The standard InChI is InChI=1S/C10H15N3O3/c1-6-10(13(15)16)7(2)12(11-6)8-4-3-5-9(8)14/h8-9,14H,3-5H2,1-2H3/t8-,9-/m1/s1. The Bertz CT molecular complexity index is 427. The first kappa shape index (κ1) is 11.1. The van der Waals surface area contributed by atoms with Crippen LogP contribution in [0.4, 0.5) is 5.69 Å². The Morgan fingerprint density at radius 2 is 2.19 bits per heavy atom. The highest BCUT2D eigenvalue weighted by molar-refractivity contribution is 5.39. The lowest BCUT2D eigenvalue weighted by Crippen LogP contribution is -2.20. The van der Waals surface area contributed by atoms with Crippen LogP contribution in [0.2, 0.25) is 0 Å². The summed E-state index contributed by atoms with van der Waals surface area (Å²) in [5, 5.41) is 24.8. The fraction of sp³-hybridized carbons (Fsp3) is 0.700. The van der Waals surface area contributed by atoms with Gasteiger partial charge in [-0.15, -0.1) is 0 Å². The van der Waals surface area contributed by atoms with Gasteiger partial charge in [0.05, 0.1) is 17.1 Å². The van der Waals surface area contributed by atoms with Crippen molar-refractivity contribution in [2.45, 2.75) is 45.3 Å². The molecule has 0 unspecified atom stereocenters. The lowest BCUT2D eigenvalue weighted by Gasteiger charge is -2.16. The van der Waals surface area contributed by atoms with E-state index in [1.165, 1.54) is 0 Å². The van der Waals surface area contributed by atoms with E-state index in [1.54, 1.807) is 18.5 Å². The summed E-state index contributed by atoms with van der Waals surface area (Å²) in [7, 11) is 0. The summed E-state index contributed by atoms with van der Waals surface area (Å²) in [6.07, 6.45) is 2.09. The van der Waals surface area contributed by atoms with Crippen LogP contribution in [0.3, 0.4) is 0 Å². The van der Waals surface area contributed by atoms with Crippen LogP contribution in [-0.4, -0.2) is 25.9 Å². The molecule has 6 nitrogen and oxygen atoms in total. The third-order valence-corrected chi connectivity index (χ3v) is 3.23. The number of nitrogens with zero attached hydrogens (tertiary/aromatic N) is 3. The van der Waals surface area contributed by atoms with Crippen molar-refractivity contribution in [3.05, 3.63) is 21.5 Å². The van der Waals surface area contributed by atoms with E-state index < -0.39 is 11.0 Å². The van der Waals surface area contributed by atoms with Gasteiger partial charge in [-0.3, -0.25) is 14.8 Å². The summed E-state index contributed by atoms with van der Waals surface area (Å²) < 4.78 is 1.62. The zero-order chi connectivity index (χ0) is 11.9. The predicted molar refractivity (Wildman–Crippen MR) is 57.3 cm³/mol. The van der Waals surface area contributed by atoms with E-state index in [1.807, 2.05) is 0 Å². The van der Waals surface area contributed by atoms with Crippen molar-refractivity contribution in [2.75, 3.05) is 0 Å². The monoisotopic (exact) mass is 225 g/mol. The minimum absolute atomic E-state index is 0.0686. The molecule has 1 saturated carbocycles. The van der Waals surface area contributed by atoms with Gasteiger partial charge in [0.2, 0.25) is 0 Å². The van der Waals surface area contributed by atoms with E-state index in [0.717, 1.165) is 19.3 Å². The summed E-state index contributed by atoms with van der Waals surface area (Å²) in [4.78, 5) is 10.4. The molecule has 0 amide bonds. The molecule has 0 radical (unpaired) electrons. The topological polar surface area (TPSA) is 81.2 Å². The van der Waals surface area contributed by atoms with E-state index in [9.17, 15) is 15.2 Å². The predicted octanol–water partition coefficient (Wildman–Crippen LogP) is 1.49. The van der Waals surface area contributed by atoms with E-state index >= 15 is 0 Å². The zero-order valence-electron chi connectivity index (χ0n) is 9.38. The maximum atomic E-state index is 10.8. The number of hydrogen-bond acceptors (Lipinski definition) is 4. The van der Waals surface area contributed by atoms with Crippen molar-refractivity contribution in [3.63, 3.8) is 0 Å². The van der Waals surface area contributed by atoms with Crippen molar-refractivity contribution in [1.82, 2.24) is 9.78 Å². The molecule has 0 aliphatic heterocycles. The van der Waals surface area contributed by atoms with Gasteiger partial charge in [0.25, 0.3) is 0 Å². The highest BCUT2D eigenvalue weighted by atomic mass is 16.6. The Hall–Kier alpha value is -1.43. The van der Waals surface area contributed by atoms with Gasteiger partial charge in [-0.2, -0.15) is 5.10 Å². The summed E-state index contributed by atoms with van der Waals surface area (Å²) in [6.45, 7) is 3.31. The van der Waals surface area contributed by atoms with Crippen molar-refractivity contribution < 1.29 is 10.0 Å². The highest BCUT2D eigenvalue weighted by Crippen LogP contribution is 2.33. The molecule has 1 aromatic heterocycles. The second kappa shape index (κ2) is 3.86. The quantitative estimate of drug-likeness (QED) is 0.610. The molecule has 1 N–H and O–H groups in total. The van der Waals surface area contributed by atoms with Gasteiger partial charge in [-0.05, 0) is 33.1 Å².